The first-order chi connectivity index (χ1) is 8.63. The lowest BCUT2D eigenvalue weighted by atomic mass is 9.76. The second kappa shape index (κ2) is 5.83. The molecule has 0 heterocycles. The molecule has 1 aliphatic carbocycles. The largest absolute Gasteiger partial charge is 0.310 e. The molecule has 1 fully saturated rings. The van der Waals surface area contributed by atoms with Gasteiger partial charge in [-0.15, -0.1) is 0 Å². The Bertz CT molecular complexity index is 387. The molecule has 1 aromatic carbocycles. The third-order valence-corrected chi connectivity index (χ3v) is 4.05. The van der Waals surface area contributed by atoms with Crippen LogP contribution < -0.4 is 5.32 Å². The lowest BCUT2D eigenvalue weighted by Gasteiger charge is -2.35. The van der Waals surface area contributed by atoms with Gasteiger partial charge in [-0.2, -0.15) is 0 Å². The predicted molar refractivity (Wildman–Crippen MR) is 74.2 cm³/mol. The average molecular weight is 249 g/mol. The third-order valence-electron chi connectivity index (χ3n) is 4.05. The van der Waals surface area contributed by atoms with Crippen LogP contribution in [0.4, 0.5) is 4.39 Å². The first-order valence-electron chi connectivity index (χ1n) is 7.13. The monoisotopic (exact) mass is 249 g/mol. The van der Waals surface area contributed by atoms with Crippen molar-refractivity contribution in [3.05, 3.63) is 34.6 Å². The minimum Gasteiger partial charge on any atom is -0.310 e. The molecule has 18 heavy (non-hydrogen) atoms. The highest BCUT2D eigenvalue weighted by Gasteiger charge is 2.28. The zero-order chi connectivity index (χ0) is 13.1. The minimum absolute atomic E-state index is 0.0541. The predicted octanol–water partition coefficient (Wildman–Crippen LogP) is 4.28. The van der Waals surface area contributed by atoms with E-state index in [1.54, 1.807) is 0 Å². The maximum absolute atomic E-state index is 13.7. The van der Waals surface area contributed by atoms with Gasteiger partial charge < -0.3 is 5.32 Å². The van der Waals surface area contributed by atoms with Gasteiger partial charge in [-0.3, -0.25) is 0 Å². The quantitative estimate of drug-likeness (QED) is 0.821. The van der Waals surface area contributed by atoms with Crippen LogP contribution in [0.2, 0.25) is 0 Å². The molecule has 0 bridgehead atoms. The van der Waals surface area contributed by atoms with Crippen LogP contribution in [0.15, 0.2) is 12.1 Å². The van der Waals surface area contributed by atoms with Crippen molar-refractivity contribution in [2.75, 3.05) is 6.54 Å². The summed E-state index contributed by atoms with van der Waals surface area (Å²) in [5, 5.41) is 3.64. The van der Waals surface area contributed by atoms with Gasteiger partial charge in [-0.05, 0) is 62.3 Å². The number of hydrogen-bond acceptors (Lipinski definition) is 1. The Balaban J connectivity index is 2.23. The second-order valence-corrected chi connectivity index (χ2v) is 5.59. The molecule has 0 aromatic heterocycles. The lowest BCUT2D eigenvalue weighted by Crippen LogP contribution is -2.32. The highest BCUT2D eigenvalue weighted by molar-refractivity contribution is 5.33. The molecule has 2 heteroatoms. The fraction of sp³-hybridized carbons (Fsp3) is 0.625. The van der Waals surface area contributed by atoms with Gasteiger partial charge in [-0.1, -0.05) is 25.5 Å². The normalized spacial score (nSPS) is 17.6. The first-order valence-corrected chi connectivity index (χ1v) is 7.13. The first kappa shape index (κ1) is 13.5. The summed E-state index contributed by atoms with van der Waals surface area (Å²) in [6.45, 7) is 6.95. The molecule has 1 N–H and O–H groups in total. The van der Waals surface area contributed by atoms with E-state index in [1.165, 1.54) is 24.8 Å². The van der Waals surface area contributed by atoms with Crippen molar-refractivity contribution in [2.45, 2.75) is 52.5 Å². The molecular formula is C16H24FN. The van der Waals surface area contributed by atoms with Gasteiger partial charge in [0, 0.05) is 6.04 Å². The summed E-state index contributed by atoms with van der Waals surface area (Å²) in [5.41, 5.74) is 2.81. The average Bonchev–Trinajstić information content (AvgIpc) is 2.28. The fourth-order valence-electron chi connectivity index (χ4n) is 2.79. The van der Waals surface area contributed by atoms with Crippen LogP contribution in [0.1, 0.15) is 55.3 Å². The number of aryl methyl sites for hydroxylation is 2. The Labute approximate surface area is 110 Å². The van der Waals surface area contributed by atoms with E-state index in [1.807, 2.05) is 26.0 Å². The molecule has 0 radical (unpaired) electrons. The van der Waals surface area contributed by atoms with Gasteiger partial charge in [-0.25, -0.2) is 4.39 Å². The van der Waals surface area contributed by atoms with Gasteiger partial charge in [0.05, 0.1) is 0 Å². The number of benzene rings is 1. The van der Waals surface area contributed by atoms with Crippen molar-refractivity contribution >= 4 is 0 Å². The lowest BCUT2D eigenvalue weighted by molar-refractivity contribution is 0.231. The van der Waals surface area contributed by atoms with Gasteiger partial charge in [0.15, 0.2) is 0 Å². The zero-order valence-corrected chi connectivity index (χ0v) is 11.7. The van der Waals surface area contributed by atoms with Gasteiger partial charge in [0.2, 0.25) is 0 Å². The maximum atomic E-state index is 13.7. The van der Waals surface area contributed by atoms with E-state index in [2.05, 4.69) is 12.2 Å². The summed E-state index contributed by atoms with van der Waals surface area (Å²) in [7, 11) is 0. The summed E-state index contributed by atoms with van der Waals surface area (Å²) < 4.78 is 13.7. The van der Waals surface area contributed by atoms with E-state index in [4.69, 9.17) is 0 Å². The van der Waals surface area contributed by atoms with Crippen LogP contribution in [0.3, 0.4) is 0 Å². The zero-order valence-electron chi connectivity index (χ0n) is 11.7. The van der Waals surface area contributed by atoms with Crippen molar-refractivity contribution in [1.82, 2.24) is 5.32 Å². The molecule has 1 atom stereocenters. The van der Waals surface area contributed by atoms with E-state index in [9.17, 15) is 4.39 Å². The number of hydrogen-bond donors (Lipinski definition) is 1. The number of rotatable bonds is 5. The molecule has 100 valence electrons. The molecule has 1 aromatic rings. The third kappa shape index (κ3) is 2.74. The van der Waals surface area contributed by atoms with Crippen molar-refractivity contribution in [3.8, 4) is 0 Å². The van der Waals surface area contributed by atoms with Crippen LogP contribution in [-0.2, 0) is 0 Å². The van der Waals surface area contributed by atoms with E-state index in [0.717, 1.165) is 30.0 Å². The minimum atomic E-state index is -0.0541. The fourth-order valence-corrected chi connectivity index (χ4v) is 2.79. The standard InChI is InChI=1S/C16H24FN/c1-4-8-18-16(13-6-5-7-13)14-9-11(2)15(17)12(3)10-14/h9-10,13,16,18H,4-8H2,1-3H3. The Morgan fingerprint density at radius 2 is 1.89 bits per heavy atom. The smallest absolute Gasteiger partial charge is 0.129 e. The van der Waals surface area contributed by atoms with Crippen LogP contribution in [-0.4, -0.2) is 6.54 Å². The summed E-state index contributed by atoms with van der Waals surface area (Å²) in [6.07, 6.45) is 5.09. The van der Waals surface area contributed by atoms with E-state index >= 15 is 0 Å². The van der Waals surface area contributed by atoms with Crippen molar-refractivity contribution in [1.29, 1.82) is 0 Å². The van der Waals surface area contributed by atoms with E-state index in [-0.39, 0.29) is 5.82 Å². The molecule has 1 aliphatic rings. The molecule has 0 spiro atoms. The van der Waals surface area contributed by atoms with Crippen molar-refractivity contribution in [2.24, 2.45) is 5.92 Å². The van der Waals surface area contributed by atoms with E-state index < -0.39 is 0 Å². The second-order valence-electron chi connectivity index (χ2n) is 5.59. The molecule has 0 aliphatic heterocycles. The van der Waals surface area contributed by atoms with Gasteiger partial charge in [0.1, 0.15) is 5.82 Å². The summed E-state index contributed by atoms with van der Waals surface area (Å²) >= 11 is 0. The van der Waals surface area contributed by atoms with Crippen molar-refractivity contribution < 1.29 is 4.39 Å². The molecule has 1 nitrogen and oxygen atoms in total. The molecule has 1 saturated carbocycles. The molecule has 2 rings (SSSR count). The summed E-state index contributed by atoms with van der Waals surface area (Å²) in [5.74, 6) is 0.683. The Morgan fingerprint density at radius 1 is 1.28 bits per heavy atom. The maximum Gasteiger partial charge on any atom is 0.129 e. The summed E-state index contributed by atoms with van der Waals surface area (Å²) in [6, 6.07) is 4.46. The summed E-state index contributed by atoms with van der Waals surface area (Å²) in [4.78, 5) is 0. The molecule has 0 saturated heterocycles. The van der Waals surface area contributed by atoms with Crippen molar-refractivity contribution in [3.63, 3.8) is 0 Å². The highest BCUT2D eigenvalue weighted by Crippen LogP contribution is 2.38. The number of nitrogens with one attached hydrogen (secondary N) is 1. The molecule has 1 unspecified atom stereocenters. The van der Waals surface area contributed by atoms with Gasteiger partial charge >= 0.3 is 0 Å². The highest BCUT2D eigenvalue weighted by atomic mass is 19.1. The molecular weight excluding hydrogens is 225 g/mol. The van der Waals surface area contributed by atoms with Crippen LogP contribution in [0.25, 0.3) is 0 Å². The van der Waals surface area contributed by atoms with Crippen LogP contribution in [0.5, 0.6) is 0 Å². The Kier molecular flexibility index (Phi) is 4.39. The Hall–Kier alpha value is -0.890. The van der Waals surface area contributed by atoms with Gasteiger partial charge in [0.25, 0.3) is 0 Å². The van der Waals surface area contributed by atoms with Crippen LogP contribution in [0, 0.1) is 25.6 Å². The topological polar surface area (TPSA) is 12.0 Å². The van der Waals surface area contributed by atoms with Crippen LogP contribution >= 0.6 is 0 Å². The molecule has 0 amide bonds. The Morgan fingerprint density at radius 3 is 2.33 bits per heavy atom. The SMILES string of the molecule is CCCNC(c1cc(C)c(F)c(C)c1)C1CCC1. The van der Waals surface area contributed by atoms with E-state index in [0.29, 0.717) is 6.04 Å². The number of halogens is 1.